The summed E-state index contributed by atoms with van der Waals surface area (Å²) >= 11 is 0. The molecule has 21 heavy (non-hydrogen) atoms. The van der Waals surface area contributed by atoms with Crippen LogP contribution in [0.15, 0.2) is 18.2 Å². The van der Waals surface area contributed by atoms with Crippen LogP contribution < -0.4 is 5.32 Å². The molecule has 0 aliphatic heterocycles. The third kappa shape index (κ3) is 6.03. The van der Waals surface area contributed by atoms with Crippen LogP contribution in [0.1, 0.15) is 32.3 Å². The Morgan fingerprint density at radius 2 is 2.05 bits per heavy atom. The number of alkyl halides is 2. The van der Waals surface area contributed by atoms with E-state index in [4.69, 9.17) is 4.74 Å². The Hall–Kier alpha value is -1.76. The second-order valence-electron chi connectivity index (χ2n) is 5.05. The van der Waals surface area contributed by atoms with Gasteiger partial charge in [0, 0.05) is 36.5 Å². The lowest BCUT2D eigenvalue weighted by molar-refractivity contribution is -0.385. The Morgan fingerprint density at radius 1 is 1.33 bits per heavy atom. The molecule has 118 valence electrons. The minimum absolute atomic E-state index is 0.197. The van der Waals surface area contributed by atoms with Crippen LogP contribution in [0.5, 0.6) is 0 Å². The van der Waals surface area contributed by atoms with Gasteiger partial charge in [-0.05, 0) is 18.4 Å². The number of nitrogens with zero attached hydrogens (tertiary/aromatic N) is 1. The molecule has 0 amide bonds. The molecule has 0 saturated heterocycles. The molecular weight excluding hydrogens is 282 g/mol. The van der Waals surface area contributed by atoms with Crippen LogP contribution in [0.25, 0.3) is 0 Å². The van der Waals surface area contributed by atoms with E-state index < -0.39 is 11.3 Å². The molecule has 1 aromatic carbocycles. The second kappa shape index (κ2) is 8.51. The van der Waals surface area contributed by atoms with E-state index in [0.29, 0.717) is 25.7 Å². The number of rotatable bonds is 9. The first-order valence-corrected chi connectivity index (χ1v) is 6.80. The van der Waals surface area contributed by atoms with Gasteiger partial charge in [-0.3, -0.25) is 10.1 Å². The summed E-state index contributed by atoms with van der Waals surface area (Å²) in [7, 11) is 0. The highest BCUT2D eigenvalue weighted by atomic mass is 19.3. The van der Waals surface area contributed by atoms with Gasteiger partial charge in [-0.2, -0.15) is 0 Å². The van der Waals surface area contributed by atoms with Gasteiger partial charge >= 0.3 is 0 Å². The molecule has 0 radical (unpaired) electrons. The van der Waals surface area contributed by atoms with E-state index in [9.17, 15) is 18.9 Å². The van der Waals surface area contributed by atoms with Gasteiger partial charge < -0.3 is 10.1 Å². The molecule has 0 heterocycles. The van der Waals surface area contributed by atoms with E-state index in [1.807, 2.05) is 0 Å². The number of halogens is 2. The standard InChI is InChI=1S/C14H20F2N2O3/c1-10(2)5-7-21-8-6-17-13-4-3-11(18(19)20)9-12(13)14(15)16/h3-4,9-10,14,17H,5-8H2,1-2H3. The zero-order chi connectivity index (χ0) is 15.8. The van der Waals surface area contributed by atoms with E-state index >= 15 is 0 Å². The topological polar surface area (TPSA) is 64.4 Å². The van der Waals surface area contributed by atoms with Gasteiger partial charge in [0.05, 0.1) is 11.5 Å². The van der Waals surface area contributed by atoms with Crippen molar-refractivity contribution in [2.75, 3.05) is 25.1 Å². The van der Waals surface area contributed by atoms with Crippen molar-refractivity contribution >= 4 is 11.4 Å². The van der Waals surface area contributed by atoms with Crippen molar-refractivity contribution < 1.29 is 18.4 Å². The predicted molar refractivity (Wildman–Crippen MR) is 76.8 cm³/mol. The Morgan fingerprint density at radius 3 is 2.62 bits per heavy atom. The second-order valence-corrected chi connectivity index (χ2v) is 5.05. The molecule has 1 N–H and O–H groups in total. The first-order valence-electron chi connectivity index (χ1n) is 6.80. The summed E-state index contributed by atoms with van der Waals surface area (Å²) in [5, 5.41) is 13.4. The van der Waals surface area contributed by atoms with Crippen molar-refractivity contribution in [1.82, 2.24) is 0 Å². The van der Waals surface area contributed by atoms with Gasteiger partial charge in [-0.15, -0.1) is 0 Å². The Bertz CT molecular complexity index is 468. The van der Waals surface area contributed by atoms with E-state index in [2.05, 4.69) is 19.2 Å². The van der Waals surface area contributed by atoms with Gasteiger partial charge in [0.2, 0.25) is 0 Å². The van der Waals surface area contributed by atoms with Crippen LogP contribution in [0, 0.1) is 16.0 Å². The molecule has 1 rings (SSSR count). The van der Waals surface area contributed by atoms with Crippen LogP contribution >= 0.6 is 0 Å². The Kier molecular flexibility index (Phi) is 7.01. The lowest BCUT2D eigenvalue weighted by atomic mass is 10.1. The summed E-state index contributed by atoms with van der Waals surface area (Å²) in [5.74, 6) is 0.554. The summed E-state index contributed by atoms with van der Waals surface area (Å²) in [6.07, 6.45) is -1.82. The zero-order valence-corrected chi connectivity index (χ0v) is 12.1. The molecule has 0 aromatic heterocycles. The van der Waals surface area contributed by atoms with Crippen molar-refractivity contribution in [3.05, 3.63) is 33.9 Å². The van der Waals surface area contributed by atoms with Crippen molar-refractivity contribution in [2.45, 2.75) is 26.7 Å². The van der Waals surface area contributed by atoms with Crippen LogP contribution in [0.4, 0.5) is 20.2 Å². The number of non-ortho nitro benzene ring substituents is 1. The highest BCUT2D eigenvalue weighted by Gasteiger charge is 2.17. The van der Waals surface area contributed by atoms with Crippen molar-refractivity contribution in [3.63, 3.8) is 0 Å². The van der Waals surface area contributed by atoms with E-state index in [1.54, 1.807) is 0 Å². The molecule has 1 aromatic rings. The number of nitro groups is 1. The minimum atomic E-state index is -2.77. The lowest BCUT2D eigenvalue weighted by Crippen LogP contribution is -2.12. The molecule has 0 atom stereocenters. The number of hydrogen-bond acceptors (Lipinski definition) is 4. The molecule has 0 spiro atoms. The van der Waals surface area contributed by atoms with Crippen LogP contribution in [-0.4, -0.2) is 24.7 Å². The normalized spacial score (nSPS) is 11.1. The number of hydrogen-bond donors (Lipinski definition) is 1. The fraction of sp³-hybridized carbons (Fsp3) is 0.571. The van der Waals surface area contributed by atoms with E-state index in [0.717, 1.165) is 12.5 Å². The molecule has 7 heteroatoms. The molecular formula is C14H20F2N2O3. The predicted octanol–water partition coefficient (Wildman–Crippen LogP) is 4.01. The first kappa shape index (κ1) is 17.3. The molecule has 0 bridgehead atoms. The number of nitrogens with one attached hydrogen (secondary N) is 1. The molecule has 0 aliphatic carbocycles. The van der Waals surface area contributed by atoms with Gasteiger partial charge in [-0.25, -0.2) is 8.78 Å². The monoisotopic (exact) mass is 302 g/mol. The highest BCUT2D eigenvalue weighted by Crippen LogP contribution is 2.30. The third-order valence-electron chi connectivity index (χ3n) is 2.88. The van der Waals surface area contributed by atoms with E-state index in [-0.39, 0.29) is 16.9 Å². The maximum atomic E-state index is 12.9. The lowest BCUT2D eigenvalue weighted by Gasteiger charge is -2.12. The van der Waals surface area contributed by atoms with E-state index in [1.165, 1.54) is 12.1 Å². The van der Waals surface area contributed by atoms with Gasteiger partial charge in [0.1, 0.15) is 0 Å². The highest BCUT2D eigenvalue weighted by molar-refractivity contribution is 5.56. The van der Waals surface area contributed by atoms with Crippen LogP contribution in [-0.2, 0) is 4.74 Å². The average molecular weight is 302 g/mol. The summed E-state index contributed by atoms with van der Waals surface area (Å²) in [5.41, 5.74) is -0.515. The summed E-state index contributed by atoms with van der Waals surface area (Å²) in [6, 6.07) is 3.40. The Labute approximate surface area is 122 Å². The molecule has 5 nitrogen and oxygen atoms in total. The SMILES string of the molecule is CC(C)CCOCCNc1ccc([N+](=O)[O-])cc1C(F)F. The van der Waals surface area contributed by atoms with Gasteiger partial charge in [0.25, 0.3) is 12.1 Å². The molecule has 0 fully saturated rings. The molecule has 0 saturated carbocycles. The number of ether oxygens (including phenoxy) is 1. The van der Waals surface area contributed by atoms with Gasteiger partial charge in [0.15, 0.2) is 0 Å². The maximum Gasteiger partial charge on any atom is 0.270 e. The maximum absolute atomic E-state index is 12.9. The molecule has 0 unspecified atom stereocenters. The number of anilines is 1. The van der Waals surface area contributed by atoms with Crippen molar-refractivity contribution in [1.29, 1.82) is 0 Å². The zero-order valence-electron chi connectivity index (χ0n) is 12.1. The quantitative estimate of drug-likeness (QED) is 0.425. The average Bonchev–Trinajstić information content (AvgIpc) is 2.42. The summed E-state index contributed by atoms with van der Waals surface area (Å²) < 4.78 is 31.2. The summed E-state index contributed by atoms with van der Waals surface area (Å²) in [6.45, 7) is 5.57. The summed E-state index contributed by atoms with van der Waals surface area (Å²) in [4.78, 5) is 9.90. The number of nitro benzene ring substituents is 1. The van der Waals surface area contributed by atoms with Crippen molar-refractivity contribution in [3.8, 4) is 0 Å². The minimum Gasteiger partial charge on any atom is -0.382 e. The van der Waals surface area contributed by atoms with Crippen LogP contribution in [0.3, 0.4) is 0 Å². The number of benzene rings is 1. The largest absolute Gasteiger partial charge is 0.382 e. The fourth-order valence-corrected chi connectivity index (χ4v) is 1.68. The Balaban J connectivity index is 2.52. The smallest absolute Gasteiger partial charge is 0.270 e. The molecule has 0 aliphatic rings. The third-order valence-corrected chi connectivity index (χ3v) is 2.88. The fourth-order valence-electron chi connectivity index (χ4n) is 1.68. The van der Waals surface area contributed by atoms with Gasteiger partial charge in [-0.1, -0.05) is 13.8 Å². The first-order chi connectivity index (χ1) is 9.91. The van der Waals surface area contributed by atoms with Crippen LogP contribution in [0.2, 0.25) is 0 Å². The van der Waals surface area contributed by atoms with Crippen molar-refractivity contribution in [2.24, 2.45) is 5.92 Å².